The number of hydrogen-bond acceptors (Lipinski definition) is 13. The van der Waals surface area contributed by atoms with Crippen molar-refractivity contribution in [1.82, 2.24) is 35.2 Å². The SMILES string of the molecule is C=C/C(=C\C(=C/C)NC)C(F)(F)F.O=C(Nc1cccc(Cl)c1)c1cc(Oc2cccnc2)ccn1.O=C(Nc1ccccc1)c1cc(Oc2cccnc2)ccn1.O=Cc1cc(Oc2cccnc2)ccn1. The molecule has 0 saturated carbocycles. The lowest BCUT2D eigenvalue weighted by atomic mass is 10.2. The Bertz CT molecular complexity index is 3080. The first-order valence-corrected chi connectivity index (χ1v) is 22.0. The van der Waals surface area contributed by atoms with Crippen molar-refractivity contribution < 1.29 is 41.8 Å². The Labute approximate surface area is 423 Å². The van der Waals surface area contributed by atoms with Crippen molar-refractivity contribution in [2.75, 3.05) is 17.7 Å². The largest absolute Gasteiger partial charge is 0.456 e. The highest BCUT2D eigenvalue weighted by atomic mass is 35.5. The lowest BCUT2D eigenvalue weighted by Crippen LogP contribution is -2.13. The van der Waals surface area contributed by atoms with Crippen LogP contribution in [0.4, 0.5) is 24.5 Å². The van der Waals surface area contributed by atoms with Crippen LogP contribution in [0.3, 0.4) is 0 Å². The summed E-state index contributed by atoms with van der Waals surface area (Å²) in [5, 5.41) is 8.69. The molecule has 0 fully saturated rings. The molecule has 0 aliphatic carbocycles. The summed E-state index contributed by atoms with van der Waals surface area (Å²) in [5.74, 6) is 2.78. The Balaban J connectivity index is 0.000000186. The van der Waals surface area contributed by atoms with Gasteiger partial charge in [0.05, 0.1) is 24.2 Å². The van der Waals surface area contributed by atoms with Gasteiger partial charge >= 0.3 is 6.18 Å². The van der Waals surface area contributed by atoms with E-state index in [0.29, 0.717) is 68.6 Å². The molecule has 370 valence electrons. The molecule has 73 heavy (non-hydrogen) atoms. The third kappa shape index (κ3) is 19.4. The topological polar surface area (TPSA) is 192 Å². The van der Waals surface area contributed by atoms with Crippen molar-refractivity contribution in [3.8, 4) is 34.5 Å². The van der Waals surface area contributed by atoms with Crippen molar-refractivity contribution in [3.63, 3.8) is 0 Å². The maximum atomic E-state index is 12.2. The molecule has 0 atom stereocenters. The van der Waals surface area contributed by atoms with Gasteiger partial charge in [0.1, 0.15) is 51.6 Å². The number of carbonyl (C=O) groups excluding carboxylic acids is 3. The first-order chi connectivity index (χ1) is 35.3. The summed E-state index contributed by atoms with van der Waals surface area (Å²) >= 11 is 5.90. The molecule has 3 N–H and O–H groups in total. The number of alkyl halides is 3. The first kappa shape index (κ1) is 54.4. The van der Waals surface area contributed by atoms with Gasteiger partial charge in [-0.25, -0.2) is 0 Å². The molecule has 6 aromatic heterocycles. The molecule has 0 radical (unpaired) electrons. The van der Waals surface area contributed by atoms with Crippen LogP contribution in [0, 0.1) is 0 Å². The van der Waals surface area contributed by atoms with Crippen LogP contribution in [-0.4, -0.2) is 61.2 Å². The lowest BCUT2D eigenvalue weighted by Gasteiger charge is -2.08. The van der Waals surface area contributed by atoms with Crippen LogP contribution in [0.25, 0.3) is 0 Å². The number of likely N-dealkylation sites (N-methyl/N-ethyl adjacent to an activating group) is 1. The molecule has 8 aromatic rings. The molecule has 2 aromatic carbocycles. The molecule has 0 saturated heterocycles. The second-order valence-electron chi connectivity index (χ2n) is 14.2. The van der Waals surface area contributed by atoms with E-state index in [1.165, 1.54) is 18.6 Å². The van der Waals surface area contributed by atoms with Gasteiger partial charge < -0.3 is 30.2 Å². The molecular formula is C54H45ClF3N9O6. The minimum Gasteiger partial charge on any atom is -0.456 e. The summed E-state index contributed by atoms with van der Waals surface area (Å²) in [6.07, 6.45) is 14.0. The van der Waals surface area contributed by atoms with Gasteiger partial charge in [0.2, 0.25) is 0 Å². The number of halogens is 4. The summed E-state index contributed by atoms with van der Waals surface area (Å²) in [6, 6.07) is 36.5. The van der Waals surface area contributed by atoms with E-state index < -0.39 is 11.7 Å². The molecule has 8 rings (SSSR count). The van der Waals surface area contributed by atoms with E-state index in [9.17, 15) is 27.6 Å². The summed E-state index contributed by atoms with van der Waals surface area (Å²) in [5.41, 5.74) is 1.84. The number of anilines is 2. The number of ether oxygens (including phenoxy) is 3. The molecule has 0 unspecified atom stereocenters. The van der Waals surface area contributed by atoms with Gasteiger partial charge in [-0.15, -0.1) is 0 Å². The van der Waals surface area contributed by atoms with E-state index in [-0.39, 0.29) is 23.2 Å². The fraction of sp³-hybridized carbons (Fsp3) is 0.0556. The van der Waals surface area contributed by atoms with Gasteiger partial charge in [-0.1, -0.05) is 54.6 Å². The molecule has 15 nitrogen and oxygen atoms in total. The van der Waals surface area contributed by atoms with Crippen molar-refractivity contribution in [3.05, 3.63) is 241 Å². The van der Waals surface area contributed by atoms with E-state index in [4.69, 9.17) is 25.8 Å². The maximum Gasteiger partial charge on any atom is 0.416 e. The standard InChI is InChI=1S/C17H12ClN3O2.C17H13N3O2.C11H8N2O2.C9H12F3N/c18-12-3-1-4-13(9-12)21-17(22)16-10-14(6-8-20-16)23-15-5-2-7-19-11-15;21-17(20-13-5-2-1-3-6-13)16-11-14(8-10-19-16)22-15-7-4-9-18-12-15;14-8-9-6-10(3-5-13-9)15-11-2-1-4-12-7-11;1-4-7(9(10,11)12)6-8(5-2)13-3/h1-11H,(H,21,22);1-12H,(H,20,21);1-8H;4-6,13H,1H2,2-3H3/b;;;7-6+,8-5+. The van der Waals surface area contributed by atoms with Crippen LogP contribution in [0.1, 0.15) is 38.4 Å². The van der Waals surface area contributed by atoms with Crippen molar-refractivity contribution in [1.29, 1.82) is 0 Å². The van der Waals surface area contributed by atoms with Crippen molar-refractivity contribution >= 4 is 41.1 Å². The van der Waals surface area contributed by atoms with Crippen LogP contribution in [-0.2, 0) is 0 Å². The fourth-order valence-corrected chi connectivity index (χ4v) is 5.78. The van der Waals surface area contributed by atoms with Crippen LogP contribution in [0.2, 0.25) is 5.02 Å². The number of benzene rings is 2. The van der Waals surface area contributed by atoms with Crippen molar-refractivity contribution in [2.45, 2.75) is 13.1 Å². The quantitative estimate of drug-likeness (QED) is 0.0689. The Hall–Kier alpha value is -9.55. The van der Waals surface area contributed by atoms with Gasteiger partial charge in [-0.2, -0.15) is 13.2 Å². The highest BCUT2D eigenvalue weighted by Crippen LogP contribution is 2.27. The molecule has 0 spiro atoms. The number of aldehydes is 1. The third-order valence-electron chi connectivity index (χ3n) is 8.98. The fourth-order valence-electron chi connectivity index (χ4n) is 5.59. The number of carbonyl (C=O) groups is 3. The van der Waals surface area contributed by atoms with Gasteiger partial charge in [0, 0.05) is 84.5 Å². The number of pyridine rings is 6. The Morgan fingerprint density at radius 2 is 1.07 bits per heavy atom. The molecule has 6 heterocycles. The number of amides is 2. The molecule has 19 heteroatoms. The van der Waals surface area contributed by atoms with E-state index in [1.54, 1.807) is 154 Å². The first-order valence-electron chi connectivity index (χ1n) is 21.6. The van der Waals surface area contributed by atoms with Gasteiger partial charge in [0.15, 0.2) is 6.29 Å². The van der Waals surface area contributed by atoms with E-state index in [2.05, 4.69) is 52.4 Å². The van der Waals surface area contributed by atoms with E-state index >= 15 is 0 Å². The number of rotatable bonds is 14. The molecule has 2 amide bonds. The summed E-state index contributed by atoms with van der Waals surface area (Å²) in [4.78, 5) is 58.7. The summed E-state index contributed by atoms with van der Waals surface area (Å²) in [6.45, 7) is 4.76. The number of nitrogens with zero attached hydrogens (tertiary/aromatic N) is 6. The van der Waals surface area contributed by atoms with Gasteiger partial charge in [-0.05, 0) is 97.9 Å². The summed E-state index contributed by atoms with van der Waals surface area (Å²) < 4.78 is 53.2. The smallest absolute Gasteiger partial charge is 0.416 e. The van der Waals surface area contributed by atoms with E-state index in [1.807, 2.05) is 30.3 Å². The Kier molecular flexibility index (Phi) is 21.5. The average Bonchev–Trinajstić information content (AvgIpc) is 3.40. The minimum absolute atomic E-state index is 0.242. The predicted molar refractivity (Wildman–Crippen MR) is 272 cm³/mol. The number of hydrogen-bond donors (Lipinski definition) is 3. The lowest BCUT2D eigenvalue weighted by molar-refractivity contribution is -0.0882. The number of aromatic nitrogens is 6. The Morgan fingerprint density at radius 1 is 0.589 bits per heavy atom. The highest BCUT2D eigenvalue weighted by molar-refractivity contribution is 6.31. The molecule has 0 bridgehead atoms. The number of nitrogens with one attached hydrogen (secondary N) is 3. The second kappa shape index (κ2) is 28.8. The van der Waals surface area contributed by atoms with Crippen LogP contribution in [0.15, 0.2) is 219 Å². The third-order valence-corrected chi connectivity index (χ3v) is 9.22. The molecular weight excluding hydrogens is 963 g/mol. The number of allylic oxidation sites excluding steroid dienone is 4. The van der Waals surface area contributed by atoms with Crippen LogP contribution < -0.4 is 30.2 Å². The highest BCUT2D eigenvalue weighted by Gasteiger charge is 2.31. The zero-order valence-corrected chi connectivity index (χ0v) is 39.7. The predicted octanol–water partition coefficient (Wildman–Crippen LogP) is 12.6. The van der Waals surface area contributed by atoms with E-state index in [0.717, 1.165) is 12.2 Å². The molecule has 0 aliphatic rings. The average molecular weight is 1010 g/mol. The van der Waals surface area contributed by atoms with Crippen molar-refractivity contribution in [2.24, 2.45) is 0 Å². The normalized spacial score (nSPS) is 10.7. The maximum absolute atomic E-state index is 12.2. The van der Waals surface area contributed by atoms with Crippen LogP contribution >= 0.6 is 11.6 Å². The van der Waals surface area contributed by atoms with Crippen LogP contribution in [0.5, 0.6) is 34.5 Å². The Morgan fingerprint density at radius 3 is 1.49 bits per heavy atom. The summed E-state index contributed by atoms with van der Waals surface area (Å²) in [7, 11) is 1.56. The second-order valence-corrected chi connectivity index (χ2v) is 14.7. The van der Waals surface area contributed by atoms with Gasteiger partial charge in [0.25, 0.3) is 11.8 Å². The number of para-hydroxylation sites is 1. The zero-order valence-electron chi connectivity index (χ0n) is 39.0. The monoisotopic (exact) mass is 1010 g/mol. The minimum atomic E-state index is -4.34. The molecule has 0 aliphatic heterocycles. The zero-order chi connectivity index (χ0) is 52.3. The van der Waals surface area contributed by atoms with Gasteiger partial charge in [-0.3, -0.25) is 44.3 Å².